The van der Waals surface area contributed by atoms with Gasteiger partial charge in [-0.1, -0.05) is 32.6 Å². The van der Waals surface area contributed by atoms with Crippen molar-refractivity contribution in [2.75, 3.05) is 46.2 Å². The zero-order chi connectivity index (χ0) is 28.8. The van der Waals surface area contributed by atoms with Crippen LogP contribution in [-0.2, 0) is 28.4 Å². The van der Waals surface area contributed by atoms with E-state index in [1.807, 2.05) is 6.92 Å². The lowest BCUT2D eigenvalue weighted by Crippen LogP contribution is -2.54. The van der Waals surface area contributed by atoms with Crippen LogP contribution in [0.25, 0.3) is 0 Å². The highest BCUT2D eigenvalue weighted by atomic mass is 19.3. The molecule has 0 radical (unpaired) electrons. The van der Waals surface area contributed by atoms with Crippen molar-refractivity contribution < 1.29 is 82.5 Å². The minimum atomic E-state index is -6.59. The number of aliphatic hydroxyl groups is 2. The number of hydrogen-bond acceptors (Lipinski definition) is 8. The van der Waals surface area contributed by atoms with Crippen molar-refractivity contribution in [1.29, 1.82) is 0 Å². The Morgan fingerprint density at radius 1 is 0.622 bits per heavy atom. The fourth-order valence-electron chi connectivity index (χ4n) is 2.35. The van der Waals surface area contributed by atoms with Crippen LogP contribution in [0, 0.1) is 0 Å². The molecule has 0 aliphatic carbocycles. The van der Waals surface area contributed by atoms with E-state index in [1.54, 1.807) is 0 Å². The van der Waals surface area contributed by atoms with Crippen LogP contribution in [0.4, 0.5) is 43.9 Å². The summed E-state index contributed by atoms with van der Waals surface area (Å²) in [5.41, 5.74) is 0. The van der Waals surface area contributed by atoms with Crippen molar-refractivity contribution in [3.05, 3.63) is 0 Å². The highest BCUT2D eigenvalue weighted by Gasteiger charge is 2.68. The molecule has 0 heterocycles. The lowest BCUT2D eigenvalue weighted by Gasteiger charge is -2.31. The first kappa shape index (κ1) is 36.0. The van der Waals surface area contributed by atoms with Gasteiger partial charge in [0, 0.05) is 6.61 Å². The molecule has 0 spiro atoms. The van der Waals surface area contributed by atoms with E-state index in [0.29, 0.717) is 6.42 Å². The zero-order valence-electron chi connectivity index (χ0n) is 19.7. The van der Waals surface area contributed by atoms with Crippen LogP contribution in [0.5, 0.6) is 0 Å². The molecule has 1 unspecified atom stereocenters. The number of hydrogen-bond donors (Lipinski definition) is 2. The molecule has 37 heavy (non-hydrogen) atoms. The summed E-state index contributed by atoms with van der Waals surface area (Å²) in [6, 6.07) is 0. The molecule has 18 heteroatoms. The van der Waals surface area contributed by atoms with Crippen molar-refractivity contribution in [2.45, 2.75) is 75.9 Å². The monoisotopic (exact) mass is 576 g/mol. The Hall–Kier alpha value is -1.02. The molecule has 0 bridgehead atoms. The van der Waals surface area contributed by atoms with Gasteiger partial charge in [-0.3, -0.25) is 0 Å². The number of alkyl halides is 10. The summed E-state index contributed by atoms with van der Waals surface area (Å²) >= 11 is 0. The third kappa shape index (κ3) is 16.5. The van der Waals surface area contributed by atoms with E-state index >= 15 is 0 Å². The summed E-state index contributed by atoms with van der Waals surface area (Å²) in [5, 5.41) is 17.7. The minimum absolute atomic E-state index is 0.236. The lowest BCUT2D eigenvalue weighted by atomic mass is 10.2. The Kier molecular flexibility index (Phi) is 15.7. The van der Waals surface area contributed by atoms with Gasteiger partial charge in [0.25, 0.3) is 0 Å². The average Bonchev–Trinajstić information content (AvgIpc) is 2.70. The summed E-state index contributed by atoms with van der Waals surface area (Å²) in [6.45, 7) is -4.66. The fourth-order valence-corrected chi connectivity index (χ4v) is 2.35. The normalized spacial score (nSPS) is 14.8. The smallest absolute Gasteiger partial charge is 0.394 e. The van der Waals surface area contributed by atoms with E-state index in [0.717, 1.165) is 19.3 Å². The summed E-state index contributed by atoms with van der Waals surface area (Å²) in [7, 11) is 0. The summed E-state index contributed by atoms with van der Waals surface area (Å²) < 4.78 is 155. The molecular formula is C19H30F10O8. The van der Waals surface area contributed by atoms with Gasteiger partial charge in [-0.2, -0.15) is 35.1 Å². The van der Waals surface area contributed by atoms with E-state index in [4.69, 9.17) is 5.11 Å². The maximum atomic E-state index is 13.5. The van der Waals surface area contributed by atoms with Gasteiger partial charge in [0.15, 0.2) is 0 Å². The summed E-state index contributed by atoms with van der Waals surface area (Å²) in [5.74, 6) is 0. The predicted molar refractivity (Wildman–Crippen MR) is 102 cm³/mol. The van der Waals surface area contributed by atoms with Crippen LogP contribution in [0.15, 0.2) is 0 Å². The fraction of sp³-hybridized carbons (Fsp3) is 1.00. The second-order valence-corrected chi connectivity index (χ2v) is 7.51. The molecule has 224 valence electrons. The largest absolute Gasteiger partial charge is 0.495 e. The molecular weight excluding hydrogens is 546 g/mol. The first-order chi connectivity index (χ1) is 16.9. The lowest BCUT2D eigenvalue weighted by molar-refractivity contribution is -0.566. The second kappa shape index (κ2) is 16.2. The Labute approximate surface area is 205 Å². The Morgan fingerprint density at radius 2 is 1.14 bits per heavy atom. The predicted octanol–water partition coefficient (Wildman–Crippen LogP) is 4.33. The molecule has 1 atom stereocenters. The SMILES string of the molecule is CCCCCCCOCC(F)(F)OC(F)(F)C(F)(F)OC(F)(F)OC(F)(F)COCC(O)COCCO. The summed E-state index contributed by atoms with van der Waals surface area (Å²) in [6.07, 6.45) is -27.8. The number of halogens is 10. The molecule has 0 aliphatic rings. The molecule has 0 aliphatic heterocycles. The van der Waals surface area contributed by atoms with Gasteiger partial charge < -0.3 is 24.4 Å². The molecule has 0 rings (SSSR count). The first-order valence-corrected chi connectivity index (χ1v) is 10.9. The van der Waals surface area contributed by atoms with Gasteiger partial charge in [-0.25, -0.2) is 14.2 Å². The van der Waals surface area contributed by atoms with Crippen molar-refractivity contribution in [3.8, 4) is 0 Å². The molecule has 0 aromatic rings. The molecule has 0 saturated carbocycles. The third-order valence-electron chi connectivity index (χ3n) is 3.92. The molecule has 0 fully saturated rings. The van der Waals surface area contributed by atoms with Crippen LogP contribution in [-0.4, -0.2) is 93.3 Å². The van der Waals surface area contributed by atoms with Crippen molar-refractivity contribution in [2.24, 2.45) is 0 Å². The molecule has 0 saturated heterocycles. The Bertz CT molecular complexity index is 613. The Morgan fingerprint density at radius 3 is 1.73 bits per heavy atom. The minimum Gasteiger partial charge on any atom is -0.394 e. The van der Waals surface area contributed by atoms with E-state index in [1.165, 1.54) is 0 Å². The maximum absolute atomic E-state index is 13.5. The zero-order valence-corrected chi connectivity index (χ0v) is 19.7. The molecule has 2 N–H and O–H groups in total. The van der Waals surface area contributed by atoms with E-state index in [9.17, 15) is 49.0 Å². The van der Waals surface area contributed by atoms with Gasteiger partial charge in [0.2, 0.25) is 0 Å². The van der Waals surface area contributed by atoms with Crippen LogP contribution in [0.1, 0.15) is 39.0 Å². The quantitative estimate of drug-likeness (QED) is 0.106. The van der Waals surface area contributed by atoms with Gasteiger partial charge in [-0.15, -0.1) is 8.78 Å². The van der Waals surface area contributed by atoms with Gasteiger partial charge in [-0.05, 0) is 6.42 Å². The van der Waals surface area contributed by atoms with Crippen LogP contribution in [0.2, 0.25) is 0 Å². The number of ether oxygens (including phenoxy) is 6. The third-order valence-corrected chi connectivity index (χ3v) is 3.92. The maximum Gasteiger partial charge on any atom is 0.495 e. The first-order valence-electron chi connectivity index (χ1n) is 10.9. The number of unbranched alkanes of at least 4 members (excludes halogenated alkanes) is 4. The van der Waals surface area contributed by atoms with Gasteiger partial charge in [0.1, 0.15) is 19.3 Å². The Balaban J connectivity index is 4.78. The molecule has 0 aromatic heterocycles. The van der Waals surface area contributed by atoms with Gasteiger partial charge in [0.05, 0.1) is 26.4 Å². The molecule has 0 aromatic carbocycles. The van der Waals surface area contributed by atoms with Crippen LogP contribution < -0.4 is 0 Å². The van der Waals surface area contributed by atoms with Crippen molar-refractivity contribution in [3.63, 3.8) is 0 Å². The van der Waals surface area contributed by atoms with Crippen LogP contribution >= 0.6 is 0 Å². The van der Waals surface area contributed by atoms with E-state index in [-0.39, 0.29) is 19.6 Å². The van der Waals surface area contributed by atoms with Crippen molar-refractivity contribution in [1.82, 2.24) is 0 Å². The highest BCUT2D eigenvalue weighted by Crippen LogP contribution is 2.44. The topological polar surface area (TPSA) is 95.8 Å². The standard InChI is InChI=1S/C19H30F10O8/c1-2-3-4-5-6-8-33-12-15(20,21)35-17(24,25)18(26,27)37-19(28,29)36-16(22,23)13-34-11-14(31)10-32-9-7-30/h14,30-31H,2-13H2,1H3. The molecule has 0 amide bonds. The average molecular weight is 576 g/mol. The second-order valence-electron chi connectivity index (χ2n) is 7.51. The van der Waals surface area contributed by atoms with E-state index in [2.05, 4.69) is 28.4 Å². The summed E-state index contributed by atoms with van der Waals surface area (Å²) in [4.78, 5) is 0. The highest BCUT2D eigenvalue weighted by molar-refractivity contribution is 4.71. The van der Waals surface area contributed by atoms with Crippen LogP contribution in [0.3, 0.4) is 0 Å². The van der Waals surface area contributed by atoms with Crippen molar-refractivity contribution >= 4 is 0 Å². The van der Waals surface area contributed by atoms with E-state index < -0.39 is 69.9 Å². The number of rotatable bonds is 23. The van der Waals surface area contributed by atoms with Gasteiger partial charge >= 0.3 is 30.7 Å². The molecule has 8 nitrogen and oxygen atoms in total. The number of aliphatic hydroxyl groups excluding tert-OH is 2.